The Kier molecular flexibility index (Phi) is 4.81. The fraction of sp³-hybridized carbons (Fsp3) is 0.294. The zero-order valence-corrected chi connectivity index (χ0v) is 12.6. The summed E-state index contributed by atoms with van der Waals surface area (Å²) in [5.74, 6) is 0.912. The standard InChI is InChI=1S/C17H21FN2O/c1-12(19)10-15-16(18)8-5-9-17(15)21-14-7-4-6-13(11-14)20(2)3/h4-9,11-12H,10,19H2,1-3H3. The van der Waals surface area contributed by atoms with E-state index in [1.54, 1.807) is 12.1 Å². The van der Waals surface area contributed by atoms with Crippen molar-refractivity contribution in [2.24, 2.45) is 5.73 Å². The van der Waals surface area contributed by atoms with Gasteiger partial charge in [0.2, 0.25) is 0 Å². The molecule has 21 heavy (non-hydrogen) atoms. The molecule has 0 aliphatic heterocycles. The highest BCUT2D eigenvalue weighted by molar-refractivity contribution is 5.51. The molecule has 0 amide bonds. The van der Waals surface area contributed by atoms with Gasteiger partial charge in [0, 0.05) is 37.5 Å². The molecule has 3 nitrogen and oxygen atoms in total. The molecule has 2 aromatic rings. The number of anilines is 1. The van der Waals surface area contributed by atoms with Crippen molar-refractivity contribution in [1.82, 2.24) is 0 Å². The third-order valence-electron chi connectivity index (χ3n) is 3.16. The van der Waals surface area contributed by atoms with Crippen molar-refractivity contribution < 1.29 is 9.13 Å². The number of hydrogen-bond acceptors (Lipinski definition) is 3. The van der Waals surface area contributed by atoms with Crippen molar-refractivity contribution in [1.29, 1.82) is 0 Å². The number of halogens is 1. The Morgan fingerprint density at radius 1 is 1.19 bits per heavy atom. The van der Waals surface area contributed by atoms with E-state index < -0.39 is 0 Å². The zero-order chi connectivity index (χ0) is 15.4. The monoisotopic (exact) mass is 288 g/mol. The van der Waals surface area contributed by atoms with Crippen LogP contribution >= 0.6 is 0 Å². The maximum atomic E-state index is 14.0. The van der Waals surface area contributed by atoms with Crippen molar-refractivity contribution in [2.45, 2.75) is 19.4 Å². The number of hydrogen-bond donors (Lipinski definition) is 1. The normalized spacial score (nSPS) is 12.0. The van der Waals surface area contributed by atoms with Gasteiger partial charge in [-0.05, 0) is 37.6 Å². The molecule has 0 saturated carbocycles. The predicted molar refractivity (Wildman–Crippen MR) is 84.6 cm³/mol. The molecule has 0 aromatic heterocycles. The molecule has 0 aliphatic rings. The van der Waals surface area contributed by atoms with Gasteiger partial charge in [0.25, 0.3) is 0 Å². The van der Waals surface area contributed by atoms with E-state index in [0.717, 1.165) is 5.69 Å². The molecule has 2 N–H and O–H groups in total. The van der Waals surface area contributed by atoms with Crippen LogP contribution in [0, 0.1) is 5.82 Å². The van der Waals surface area contributed by atoms with Crippen molar-refractivity contribution in [2.75, 3.05) is 19.0 Å². The van der Waals surface area contributed by atoms with Gasteiger partial charge in [-0.3, -0.25) is 0 Å². The van der Waals surface area contributed by atoms with Gasteiger partial charge >= 0.3 is 0 Å². The molecule has 0 spiro atoms. The molecular weight excluding hydrogens is 267 g/mol. The van der Waals surface area contributed by atoms with E-state index >= 15 is 0 Å². The summed E-state index contributed by atoms with van der Waals surface area (Å²) in [5.41, 5.74) is 7.33. The molecule has 0 saturated heterocycles. The van der Waals surface area contributed by atoms with Gasteiger partial charge in [0.15, 0.2) is 0 Å². The van der Waals surface area contributed by atoms with E-state index in [0.29, 0.717) is 23.5 Å². The summed E-state index contributed by atoms with van der Waals surface area (Å²) in [4.78, 5) is 1.99. The lowest BCUT2D eigenvalue weighted by atomic mass is 10.1. The molecule has 0 heterocycles. The molecular formula is C17H21FN2O. The molecule has 1 atom stereocenters. The Labute approximate surface area is 125 Å². The largest absolute Gasteiger partial charge is 0.457 e. The molecule has 0 radical (unpaired) electrons. The minimum Gasteiger partial charge on any atom is -0.457 e. The minimum absolute atomic E-state index is 0.127. The van der Waals surface area contributed by atoms with Gasteiger partial charge in [-0.2, -0.15) is 0 Å². The van der Waals surface area contributed by atoms with Crippen LogP contribution < -0.4 is 15.4 Å². The molecule has 4 heteroatoms. The average molecular weight is 288 g/mol. The van der Waals surface area contributed by atoms with Crippen LogP contribution in [0.4, 0.5) is 10.1 Å². The van der Waals surface area contributed by atoms with Crippen molar-refractivity contribution >= 4 is 5.69 Å². The smallest absolute Gasteiger partial charge is 0.133 e. The fourth-order valence-electron chi connectivity index (χ4n) is 2.11. The number of nitrogens with two attached hydrogens (primary N) is 1. The number of benzene rings is 2. The second-order valence-electron chi connectivity index (χ2n) is 5.39. The highest BCUT2D eigenvalue weighted by Gasteiger charge is 2.12. The number of ether oxygens (including phenoxy) is 1. The van der Waals surface area contributed by atoms with E-state index in [9.17, 15) is 4.39 Å². The van der Waals surface area contributed by atoms with Gasteiger partial charge in [-0.15, -0.1) is 0 Å². The fourth-order valence-corrected chi connectivity index (χ4v) is 2.11. The summed E-state index contributed by atoms with van der Waals surface area (Å²) in [6.07, 6.45) is 0.440. The van der Waals surface area contributed by atoms with E-state index in [1.807, 2.05) is 50.2 Å². The van der Waals surface area contributed by atoms with Crippen LogP contribution in [-0.4, -0.2) is 20.1 Å². The molecule has 1 unspecified atom stereocenters. The van der Waals surface area contributed by atoms with Gasteiger partial charge in [-0.25, -0.2) is 4.39 Å². The van der Waals surface area contributed by atoms with Crippen LogP contribution in [0.15, 0.2) is 42.5 Å². The van der Waals surface area contributed by atoms with Crippen LogP contribution in [0.3, 0.4) is 0 Å². The second kappa shape index (κ2) is 6.59. The lowest BCUT2D eigenvalue weighted by molar-refractivity contribution is 0.463. The Morgan fingerprint density at radius 2 is 1.90 bits per heavy atom. The molecule has 112 valence electrons. The Hall–Kier alpha value is -2.07. The summed E-state index contributed by atoms with van der Waals surface area (Å²) in [5, 5.41) is 0. The van der Waals surface area contributed by atoms with Crippen LogP contribution in [0.5, 0.6) is 11.5 Å². The molecule has 0 aliphatic carbocycles. The highest BCUT2D eigenvalue weighted by atomic mass is 19.1. The van der Waals surface area contributed by atoms with Crippen LogP contribution in [0.1, 0.15) is 12.5 Å². The van der Waals surface area contributed by atoms with Crippen molar-refractivity contribution in [3.8, 4) is 11.5 Å². The number of rotatable bonds is 5. The Morgan fingerprint density at radius 3 is 2.57 bits per heavy atom. The SMILES string of the molecule is CC(N)Cc1c(F)cccc1Oc1cccc(N(C)C)c1. The molecule has 2 aromatic carbocycles. The van der Waals surface area contributed by atoms with Crippen LogP contribution in [0.2, 0.25) is 0 Å². The first-order valence-corrected chi connectivity index (χ1v) is 6.95. The quantitative estimate of drug-likeness (QED) is 0.914. The predicted octanol–water partition coefficient (Wildman–Crippen LogP) is 3.57. The molecule has 0 fully saturated rings. The lowest BCUT2D eigenvalue weighted by Crippen LogP contribution is -2.19. The molecule has 2 rings (SSSR count). The topological polar surface area (TPSA) is 38.5 Å². The van der Waals surface area contributed by atoms with E-state index in [4.69, 9.17) is 10.5 Å². The van der Waals surface area contributed by atoms with Crippen molar-refractivity contribution in [3.05, 3.63) is 53.8 Å². The first kappa shape index (κ1) is 15.3. The van der Waals surface area contributed by atoms with Crippen LogP contribution in [-0.2, 0) is 6.42 Å². The third kappa shape index (κ3) is 3.95. The summed E-state index contributed by atoms with van der Waals surface area (Å²) in [6, 6.07) is 12.4. The third-order valence-corrected chi connectivity index (χ3v) is 3.16. The maximum absolute atomic E-state index is 14.0. The number of nitrogens with zero attached hydrogens (tertiary/aromatic N) is 1. The minimum atomic E-state index is -0.284. The van der Waals surface area contributed by atoms with Gasteiger partial charge in [-0.1, -0.05) is 12.1 Å². The van der Waals surface area contributed by atoms with E-state index in [1.165, 1.54) is 6.07 Å². The average Bonchev–Trinajstić information content (AvgIpc) is 2.42. The molecule has 0 bridgehead atoms. The second-order valence-corrected chi connectivity index (χ2v) is 5.39. The Bertz CT molecular complexity index is 611. The lowest BCUT2D eigenvalue weighted by Gasteiger charge is -2.16. The highest BCUT2D eigenvalue weighted by Crippen LogP contribution is 2.29. The van der Waals surface area contributed by atoms with Gasteiger partial charge in [0.1, 0.15) is 17.3 Å². The van der Waals surface area contributed by atoms with E-state index in [-0.39, 0.29) is 11.9 Å². The Balaban J connectivity index is 2.31. The zero-order valence-electron chi connectivity index (χ0n) is 12.6. The first-order valence-electron chi connectivity index (χ1n) is 6.95. The summed E-state index contributed by atoms with van der Waals surface area (Å²) in [7, 11) is 3.92. The summed E-state index contributed by atoms with van der Waals surface area (Å²) in [6.45, 7) is 1.85. The van der Waals surface area contributed by atoms with Gasteiger partial charge < -0.3 is 15.4 Å². The van der Waals surface area contributed by atoms with Gasteiger partial charge in [0.05, 0.1) is 0 Å². The maximum Gasteiger partial charge on any atom is 0.133 e. The van der Waals surface area contributed by atoms with E-state index in [2.05, 4.69) is 0 Å². The van der Waals surface area contributed by atoms with Crippen molar-refractivity contribution in [3.63, 3.8) is 0 Å². The first-order chi connectivity index (χ1) is 9.97. The summed E-state index contributed by atoms with van der Waals surface area (Å²) < 4.78 is 19.8. The van der Waals surface area contributed by atoms with Crippen LogP contribution in [0.25, 0.3) is 0 Å². The summed E-state index contributed by atoms with van der Waals surface area (Å²) >= 11 is 0.